The second-order valence-electron chi connectivity index (χ2n) is 4.37. The lowest BCUT2D eigenvalue weighted by molar-refractivity contribution is -0.141. The number of nitrogens with zero attached hydrogens (tertiary/aromatic N) is 1. The molecule has 0 radical (unpaired) electrons. The van der Waals surface area contributed by atoms with Crippen LogP contribution in [0, 0.1) is 5.92 Å². The standard InChI is InChI=1S/C13H15NO4/c1-18-11-4-2-3-9(5-11)7-14-8-10(13(16)17)6-12(14)15/h2-5,10H,6-8H2,1H3,(H,16,17)/t10-/m1/s1. The highest BCUT2D eigenvalue weighted by Crippen LogP contribution is 2.21. The van der Waals surface area contributed by atoms with Gasteiger partial charge in [-0.25, -0.2) is 0 Å². The molecular formula is C13H15NO4. The van der Waals surface area contributed by atoms with E-state index in [-0.39, 0.29) is 18.9 Å². The molecule has 1 aliphatic rings. The Morgan fingerprint density at radius 2 is 2.33 bits per heavy atom. The first-order chi connectivity index (χ1) is 8.60. The second kappa shape index (κ2) is 5.08. The Hall–Kier alpha value is -2.04. The van der Waals surface area contributed by atoms with Crippen molar-refractivity contribution >= 4 is 11.9 Å². The van der Waals surface area contributed by atoms with Crippen molar-refractivity contribution in [1.82, 2.24) is 4.90 Å². The molecule has 5 nitrogen and oxygen atoms in total. The Morgan fingerprint density at radius 3 is 2.94 bits per heavy atom. The van der Waals surface area contributed by atoms with Crippen LogP contribution in [0.5, 0.6) is 5.75 Å². The molecule has 1 aromatic carbocycles. The van der Waals surface area contributed by atoms with Crippen LogP contribution in [0.3, 0.4) is 0 Å². The topological polar surface area (TPSA) is 66.8 Å². The van der Waals surface area contributed by atoms with E-state index >= 15 is 0 Å². The average Bonchev–Trinajstić information content (AvgIpc) is 2.71. The number of aliphatic carboxylic acids is 1. The minimum absolute atomic E-state index is 0.0965. The third-order valence-corrected chi connectivity index (χ3v) is 3.07. The van der Waals surface area contributed by atoms with Crippen LogP contribution in [0.1, 0.15) is 12.0 Å². The van der Waals surface area contributed by atoms with E-state index in [1.165, 1.54) is 0 Å². The predicted octanol–water partition coefficient (Wildman–Crippen LogP) is 1.13. The molecule has 1 amide bonds. The van der Waals surface area contributed by atoms with E-state index < -0.39 is 11.9 Å². The smallest absolute Gasteiger partial charge is 0.308 e. The Morgan fingerprint density at radius 1 is 1.56 bits per heavy atom. The van der Waals surface area contributed by atoms with Gasteiger partial charge in [0.2, 0.25) is 5.91 Å². The van der Waals surface area contributed by atoms with E-state index in [1.807, 2.05) is 24.3 Å². The summed E-state index contributed by atoms with van der Waals surface area (Å²) in [5.41, 5.74) is 0.939. The Labute approximate surface area is 105 Å². The lowest BCUT2D eigenvalue weighted by atomic mass is 10.1. The number of carboxylic acids is 1. The summed E-state index contributed by atoms with van der Waals surface area (Å²) in [6, 6.07) is 7.42. The molecule has 1 atom stereocenters. The first kappa shape index (κ1) is 12.4. The minimum Gasteiger partial charge on any atom is -0.497 e. The van der Waals surface area contributed by atoms with Gasteiger partial charge in [0.15, 0.2) is 0 Å². The number of ether oxygens (including phenoxy) is 1. The number of rotatable bonds is 4. The lowest BCUT2D eigenvalue weighted by Gasteiger charge is -2.16. The van der Waals surface area contributed by atoms with Crippen molar-refractivity contribution in [3.05, 3.63) is 29.8 Å². The molecule has 0 aliphatic carbocycles. The number of likely N-dealkylation sites (tertiary alicyclic amines) is 1. The summed E-state index contributed by atoms with van der Waals surface area (Å²) in [5.74, 6) is -0.862. The Balaban J connectivity index is 2.05. The number of carbonyl (C=O) groups excluding carboxylic acids is 1. The van der Waals surface area contributed by atoms with Crippen LogP contribution in [-0.2, 0) is 16.1 Å². The number of hydrogen-bond acceptors (Lipinski definition) is 3. The third kappa shape index (κ3) is 2.61. The van der Waals surface area contributed by atoms with Crippen molar-refractivity contribution in [3.8, 4) is 5.75 Å². The SMILES string of the molecule is COc1cccc(CN2C[C@H](C(=O)O)CC2=O)c1. The maximum atomic E-state index is 11.7. The largest absolute Gasteiger partial charge is 0.497 e. The third-order valence-electron chi connectivity index (χ3n) is 3.07. The van der Waals surface area contributed by atoms with E-state index in [0.717, 1.165) is 11.3 Å². The number of carboxylic acid groups (broad SMARTS) is 1. The van der Waals surface area contributed by atoms with Crippen molar-refractivity contribution in [1.29, 1.82) is 0 Å². The Bertz CT molecular complexity index is 472. The highest BCUT2D eigenvalue weighted by Gasteiger charge is 2.33. The van der Waals surface area contributed by atoms with E-state index in [2.05, 4.69) is 0 Å². The van der Waals surface area contributed by atoms with Gasteiger partial charge in [-0.05, 0) is 17.7 Å². The molecule has 0 spiro atoms. The zero-order valence-electron chi connectivity index (χ0n) is 10.1. The maximum absolute atomic E-state index is 11.7. The van der Waals surface area contributed by atoms with Gasteiger partial charge in [0, 0.05) is 19.5 Å². The van der Waals surface area contributed by atoms with Crippen LogP contribution >= 0.6 is 0 Å². The number of carbonyl (C=O) groups is 2. The van der Waals surface area contributed by atoms with Gasteiger partial charge in [-0.2, -0.15) is 0 Å². The molecular weight excluding hydrogens is 234 g/mol. The summed E-state index contributed by atoms with van der Waals surface area (Å²) in [5, 5.41) is 8.90. The Kier molecular flexibility index (Phi) is 3.50. The van der Waals surface area contributed by atoms with Crippen molar-refractivity contribution in [2.75, 3.05) is 13.7 Å². The van der Waals surface area contributed by atoms with E-state index in [4.69, 9.17) is 9.84 Å². The van der Waals surface area contributed by atoms with Gasteiger partial charge < -0.3 is 14.7 Å². The molecule has 0 unspecified atom stereocenters. The molecule has 1 fully saturated rings. The number of methoxy groups -OCH3 is 1. The van der Waals surface area contributed by atoms with Gasteiger partial charge in [0.25, 0.3) is 0 Å². The zero-order chi connectivity index (χ0) is 13.1. The summed E-state index contributed by atoms with van der Waals surface area (Å²) in [7, 11) is 1.58. The van der Waals surface area contributed by atoms with E-state index in [9.17, 15) is 9.59 Å². The minimum atomic E-state index is -0.906. The number of benzene rings is 1. The van der Waals surface area contributed by atoms with Gasteiger partial charge in [-0.1, -0.05) is 12.1 Å². The zero-order valence-corrected chi connectivity index (χ0v) is 10.1. The van der Waals surface area contributed by atoms with Crippen molar-refractivity contribution in [3.63, 3.8) is 0 Å². The fraction of sp³-hybridized carbons (Fsp3) is 0.385. The quantitative estimate of drug-likeness (QED) is 0.868. The van der Waals surface area contributed by atoms with Gasteiger partial charge in [-0.15, -0.1) is 0 Å². The lowest BCUT2D eigenvalue weighted by Crippen LogP contribution is -2.25. The van der Waals surface area contributed by atoms with Crippen molar-refractivity contribution in [2.24, 2.45) is 5.92 Å². The van der Waals surface area contributed by atoms with Crippen LogP contribution in [0.15, 0.2) is 24.3 Å². The van der Waals surface area contributed by atoms with Gasteiger partial charge in [0.1, 0.15) is 5.75 Å². The molecule has 0 bridgehead atoms. The van der Waals surface area contributed by atoms with Crippen LogP contribution < -0.4 is 4.74 Å². The summed E-state index contributed by atoms with van der Waals surface area (Å²) in [6.07, 6.45) is 0.0965. The fourth-order valence-corrected chi connectivity index (χ4v) is 2.08. The molecule has 1 N–H and O–H groups in total. The summed E-state index contributed by atoms with van der Waals surface area (Å²) >= 11 is 0. The van der Waals surface area contributed by atoms with E-state index in [1.54, 1.807) is 12.0 Å². The highest BCUT2D eigenvalue weighted by molar-refractivity contribution is 5.86. The van der Waals surface area contributed by atoms with Gasteiger partial charge in [0.05, 0.1) is 13.0 Å². The van der Waals surface area contributed by atoms with Crippen molar-refractivity contribution in [2.45, 2.75) is 13.0 Å². The molecule has 0 aromatic heterocycles. The molecule has 1 saturated heterocycles. The monoisotopic (exact) mass is 249 g/mol. The van der Waals surface area contributed by atoms with Gasteiger partial charge in [-0.3, -0.25) is 9.59 Å². The molecule has 2 rings (SSSR count). The van der Waals surface area contributed by atoms with E-state index in [0.29, 0.717) is 6.54 Å². The van der Waals surface area contributed by atoms with Crippen LogP contribution in [0.2, 0.25) is 0 Å². The fourth-order valence-electron chi connectivity index (χ4n) is 2.08. The second-order valence-corrected chi connectivity index (χ2v) is 4.37. The molecule has 18 heavy (non-hydrogen) atoms. The number of hydrogen-bond donors (Lipinski definition) is 1. The number of amides is 1. The maximum Gasteiger partial charge on any atom is 0.308 e. The molecule has 0 saturated carbocycles. The first-order valence-electron chi connectivity index (χ1n) is 5.73. The predicted molar refractivity (Wildman–Crippen MR) is 64.2 cm³/mol. The highest BCUT2D eigenvalue weighted by atomic mass is 16.5. The molecule has 96 valence electrons. The normalized spacial score (nSPS) is 19.1. The van der Waals surface area contributed by atoms with Crippen LogP contribution in [0.4, 0.5) is 0 Å². The van der Waals surface area contributed by atoms with Crippen LogP contribution in [-0.4, -0.2) is 35.5 Å². The summed E-state index contributed by atoms with van der Waals surface area (Å²) in [6.45, 7) is 0.713. The average molecular weight is 249 g/mol. The van der Waals surface area contributed by atoms with Crippen molar-refractivity contribution < 1.29 is 19.4 Å². The summed E-state index contributed by atoms with van der Waals surface area (Å²) in [4.78, 5) is 24.1. The first-order valence-corrected chi connectivity index (χ1v) is 5.73. The molecule has 1 aromatic rings. The summed E-state index contributed by atoms with van der Waals surface area (Å²) < 4.78 is 5.11. The molecule has 1 aliphatic heterocycles. The molecule has 5 heteroatoms. The molecule has 1 heterocycles. The van der Waals surface area contributed by atoms with Crippen LogP contribution in [0.25, 0.3) is 0 Å². The van der Waals surface area contributed by atoms with Gasteiger partial charge >= 0.3 is 5.97 Å².